The Labute approximate surface area is 216 Å². The van der Waals surface area contributed by atoms with Crippen LogP contribution in [0.2, 0.25) is 0 Å². The summed E-state index contributed by atoms with van der Waals surface area (Å²) < 4.78 is 46.5. The summed E-state index contributed by atoms with van der Waals surface area (Å²) in [6.45, 7) is 0.663. The predicted molar refractivity (Wildman–Crippen MR) is 133 cm³/mol. The minimum Gasteiger partial charge on any atom is -0.465 e. The summed E-state index contributed by atoms with van der Waals surface area (Å²) in [6, 6.07) is 7.28. The Kier molecular flexibility index (Phi) is 7.68. The molecule has 1 aromatic heterocycles. The first-order chi connectivity index (χ1) is 17.9. The first-order valence-electron chi connectivity index (χ1n) is 11.6. The van der Waals surface area contributed by atoms with Gasteiger partial charge in [-0.3, -0.25) is 14.2 Å². The number of rotatable bonds is 7. The van der Waals surface area contributed by atoms with Crippen LogP contribution in [0.15, 0.2) is 42.6 Å². The van der Waals surface area contributed by atoms with E-state index in [4.69, 9.17) is 4.74 Å². The van der Waals surface area contributed by atoms with E-state index in [9.17, 15) is 37.5 Å². The Balaban J connectivity index is 1.58. The molecule has 0 unspecified atom stereocenters. The Bertz CT molecular complexity index is 1470. The van der Waals surface area contributed by atoms with Crippen molar-refractivity contribution in [1.82, 2.24) is 14.8 Å². The van der Waals surface area contributed by atoms with E-state index < -0.39 is 50.0 Å². The van der Waals surface area contributed by atoms with Crippen LogP contribution in [0.3, 0.4) is 0 Å². The molecule has 1 aliphatic rings. The molecule has 0 saturated carbocycles. The monoisotopic (exact) mass is 549 g/mol. The molecular weight excluding hydrogens is 523 g/mol. The summed E-state index contributed by atoms with van der Waals surface area (Å²) in [6.07, 6.45) is -0.398. The maximum Gasteiger partial charge on any atom is 0.356 e. The number of ether oxygens (including phenoxy) is 1. The van der Waals surface area contributed by atoms with Gasteiger partial charge in [0.05, 0.1) is 30.0 Å². The highest BCUT2D eigenvalue weighted by molar-refractivity contribution is 7.60. The van der Waals surface area contributed by atoms with Crippen LogP contribution in [0.4, 0.5) is 8.78 Å². The number of halogens is 2. The third-order valence-corrected chi connectivity index (χ3v) is 7.46. The van der Waals surface area contributed by atoms with Crippen molar-refractivity contribution in [1.29, 1.82) is 0 Å². The van der Waals surface area contributed by atoms with E-state index in [0.29, 0.717) is 10.9 Å². The molecule has 4 rings (SSSR count). The summed E-state index contributed by atoms with van der Waals surface area (Å²) in [5.74, 6) is -2.49. The molecule has 2 atom stereocenters. The van der Waals surface area contributed by atoms with E-state index in [-0.39, 0.29) is 41.5 Å². The Morgan fingerprint density at radius 2 is 1.95 bits per heavy atom. The third-order valence-electron chi connectivity index (χ3n) is 6.51. The van der Waals surface area contributed by atoms with Crippen molar-refractivity contribution in [2.45, 2.75) is 38.6 Å². The Morgan fingerprint density at radius 3 is 2.63 bits per heavy atom. The van der Waals surface area contributed by atoms with Crippen LogP contribution in [0, 0.1) is 12.7 Å². The van der Waals surface area contributed by atoms with Crippen LogP contribution in [0.25, 0.3) is 10.9 Å². The predicted octanol–water partition coefficient (Wildman–Crippen LogP) is 1.93. The summed E-state index contributed by atoms with van der Waals surface area (Å²) in [4.78, 5) is 58.6. The first-order valence-corrected chi connectivity index (χ1v) is 13.2. The second-order valence-corrected chi connectivity index (χ2v) is 10.7. The molecule has 2 aromatic carbocycles. The molecule has 202 valence electrons. The van der Waals surface area contributed by atoms with Crippen LogP contribution in [0.5, 0.6) is 0 Å². The molecule has 0 aliphatic carbocycles. The van der Waals surface area contributed by atoms with Gasteiger partial charge in [-0.25, -0.2) is 13.6 Å². The van der Waals surface area contributed by atoms with Crippen LogP contribution in [0.1, 0.15) is 27.9 Å². The number of carbonyl (C=O) groups is 3. The number of aromatic nitrogens is 1. The summed E-state index contributed by atoms with van der Waals surface area (Å²) >= 11 is 0. The Hall–Kier alpha value is -3.60. The van der Waals surface area contributed by atoms with Gasteiger partial charge in [-0.2, -0.15) is 0 Å². The second-order valence-electron chi connectivity index (χ2n) is 9.07. The molecule has 0 bridgehead atoms. The molecule has 10 nitrogen and oxygen atoms in total. The number of carbonyl (C=O) groups excluding carboxylic acids is 3. The minimum atomic E-state index is -4.64. The fourth-order valence-corrected chi connectivity index (χ4v) is 5.11. The molecule has 3 aromatic rings. The van der Waals surface area contributed by atoms with Gasteiger partial charge >= 0.3 is 13.6 Å². The zero-order valence-electron chi connectivity index (χ0n) is 20.6. The molecule has 38 heavy (non-hydrogen) atoms. The molecule has 1 aliphatic heterocycles. The van der Waals surface area contributed by atoms with Crippen molar-refractivity contribution < 1.29 is 42.3 Å². The number of nitrogens with one attached hydrogen (secondary N) is 1. The quantitative estimate of drug-likeness (QED) is 0.303. The number of likely N-dealkylation sites (tertiary alicyclic amines) is 1. The molecule has 0 radical (unpaired) electrons. The van der Waals surface area contributed by atoms with Gasteiger partial charge in [-0.15, -0.1) is 0 Å². The van der Waals surface area contributed by atoms with Gasteiger partial charge in [0.25, 0.3) is 0 Å². The number of hydrogen-bond acceptors (Lipinski definition) is 5. The van der Waals surface area contributed by atoms with Crippen molar-refractivity contribution in [3.05, 3.63) is 65.1 Å². The average molecular weight is 549 g/mol. The lowest BCUT2D eigenvalue weighted by Crippen LogP contribution is -2.46. The lowest BCUT2D eigenvalue weighted by Gasteiger charge is -2.24. The van der Waals surface area contributed by atoms with Gasteiger partial charge in [0.2, 0.25) is 11.8 Å². The molecule has 2 heterocycles. The maximum absolute atomic E-state index is 14.4. The lowest BCUT2D eigenvalue weighted by atomic mass is 10.1. The van der Waals surface area contributed by atoms with Gasteiger partial charge in [0.15, 0.2) is 0 Å². The van der Waals surface area contributed by atoms with Crippen molar-refractivity contribution in [2.24, 2.45) is 0 Å². The van der Waals surface area contributed by atoms with Gasteiger partial charge in [0.1, 0.15) is 24.6 Å². The van der Waals surface area contributed by atoms with E-state index in [1.165, 1.54) is 35.0 Å². The van der Waals surface area contributed by atoms with Gasteiger partial charge < -0.3 is 29.3 Å². The largest absolute Gasteiger partial charge is 0.465 e. The molecular formula is C25H26F2N3O7P. The first kappa shape index (κ1) is 27.4. The number of amides is 2. The van der Waals surface area contributed by atoms with Crippen molar-refractivity contribution in [3.8, 4) is 0 Å². The average Bonchev–Trinajstić information content (AvgIpc) is 3.44. The molecule has 0 spiro atoms. The summed E-state index contributed by atoms with van der Waals surface area (Å²) in [5.41, 5.74) is 0.893. The van der Waals surface area contributed by atoms with E-state index >= 15 is 0 Å². The fourth-order valence-electron chi connectivity index (χ4n) is 4.56. The normalized spacial score (nSPS) is 17.6. The number of methoxy groups -OCH3 is 1. The van der Waals surface area contributed by atoms with Crippen LogP contribution in [-0.4, -0.2) is 62.9 Å². The summed E-state index contributed by atoms with van der Waals surface area (Å²) in [7, 11) is -3.48. The molecule has 1 saturated heterocycles. The number of hydrogen-bond donors (Lipinski definition) is 3. The highest BCUT2D eigenvalue weighted by Crippen LogP contribution is 2.35. The van der Waals surface area contributed by atoms with E-state index in [1.807, 2.05) is 0 Å². The Morgan fingerprint density at radius 1 is 1.21 bits per heavy atom. The number of aryl methyl sites for hydroxylation is 1. The fraction of sp³-hybridized carbons (Fsp3) is 0.320. The zero-order valence-corrected chi connectivity index (χ0v) is 21.5. The number of benzene rings is 2. The number of esters is 1. The molecule has 13 heteroatoms. The van der Waals surface area contributed by atoms with E-state index in [0.717, 1.165) is 12.0 Å². The van der Waals surface area contributed by atoms with Crippen LogP contribution in [-0.2, 0) is 32.0 Å². The number of nitrogens with zero attached hydrogens (tertiary/aromatic N) is 2. The lowest BCUT2D eigenvalue weighted by molar-refractivity contribution is -0.139. The molecule has 3 N–H and O–H groups in total. The smallest absolute Gasteiger partial charge is 0.356 e. The van der Waals surface area contributed by atoms with Gasteiger partial charge in [0, 0.05) is 30.1 Å². The van der Waals surface area contributed by atoms with Gasteiger partial charge in [-0.1, -0.05) is 24.3 Å². The van der Waals surface area contributed by atoms with Crippen LogP contribution < -0.4 is 10.6 Å². The second kappa shape index (κ2) is 10.6. The SMILES string of the molecule is COC(=O)c1cn(CC(=O)N2C[C@H](F)C[C@H]2C(=O)NCc2cccc(C)c2F)c2cc(P(=O)(O)O)ccc12. The minimum absolute atomic E-state index is 0.0619. The molecule has 1 fully saturated rings. The van der Waals surface area contributed by atoms with Crippen LogP contribution >= 0.6 is 7.60 Å². The van der Waals surface area contributed by atoms with Crippen molar-refractivity contribution in [2.75, 3.05) is 13.7 Å². The topological polar surface area (TPSA) is 138 Å². The third kappa shape index (κ3) is 5.47. The zero-order chi connectivity index (χ0) is 27.8. The van der Waals surface area contributed by atoms with Crippen molar-refractivity contribution in [3.63, 3.8) is 0 Å². The van der Waals surface area contributed by atoms with Crippen molar-refractivity contribution >= 4 is 41.6 Å². The number of fused-ring (bicyclic) bond motifs is 1. The standard InChI is InChI=1S/C25H26F2N3O7P/c1-14-4-3-5-15(23(14)27)10-28-24(32)21-8-16(26)11-30(21)22(31)13-29-12-19(25(33)37-2)18-7-6-17(9-20(18)29)38(34,35)36/h3-7,9,12,16,21H,8,10-11,13H2,1-2H3,(H,28,32)(H2,34,35,36)/t16-,21+/m1/s1. The highest BCUT2D eigenvalue weighted by atomic mass is 31.2. The van der Waals surface area contributed by atoms with E-state index in [1.54, 1.807) is 19.1 Å². The highest BCUT2D eigenvalue weighted by Gasteiger charge is 2.40. The summed E-state index contributed by atoms with van der Waals surface area (Å²) in [5, 5.41) is 2.54. The molecule has 2 amide bonds. The van der Waals surface area contributed by atoms with E-state index in [2.05, 4.69) is 5.32 Å². The maximum atomic E-state index is 14.4. The number of alkyl halides is 1. The van der Waals surface area contributed by atoms with Gasteiger partial charge in [-0.05, 0) is 24.6 Å².